The molecular weight excluding hydrogens is 320 g/mol. The minimum Gasteiger partial charge on any atom is -0.387 e. The Labute approximate surface area is 145 Å². The van der Waals surface area contributed by atoms with E-state index in [1.165, 1.54) is 5.56 Å². The number of hydrogen-bond acceptors (Lipinski definition) is 5. The average Bonchev–Trinajstić information content (AvgIpc) is 3.29. The van der Waals surface area contributed by atoms with Crippen LogP contribution < -0.4 is 5.32 Å². The molecule has 1 atom stereocenters. The van der Waals surface area contributed by atoms with Crippen molar-refractivity contribution in [2.24, 2.45) is 0 Å². The molecule has 1 saturated heterocycles. The van der Waals surface area contributed by atoms with Crippen molar-refractivity contribution in [2.45, 2.75) is 25.5 Å². The monoisotopic (exact) mass is 340 g/mol. The van der Waals surface area contributed by atoms with E-state index in [9.17, 15) is 5.11 Å². The fraction of sp³-hybridized carbons (Fsp3) is 0.333. The summed E-state index contributed by atoms with van der Waals surface area (Å²) >= 11 is 1.64. The van der Waals surface area contributed by atoms with Crippen molar-refractivity contribution >= 4 is 11.3 Å². The van der Waals surface area contributed by atoms with Crippen molar-refractivity contribution in [3.8, 4) is 21.3 Å². The summed E-state index contributed by atoms with van der Waals surface area (Å²) in [6, 6.07) is 8.26. The summed E-state index contributed by atoms with van der Waals surface area (Å²) < 4.78 is 2.03. The Morgan fingerprint density at radius 2 is 2.21 bits per heavy atom. The molecule has 6 heteroatoms. The summed E-state index contributed by atoms with van der Waals surface area (Å²) in [7, 11) is 0. The van der Waals surface area contributed by atoms with Gasteiger partial charge in [-0.25, -0.2) is 9.97 Å². The van der Waals surface area contributed by atoms with Crippen LogP contribution in [0.15, 0.2) is 42.9 Å². The number of nitrogens with one attached hydrogen (secondary N) is 1. The van der Waals surface area contributed by atoms with Crippen LogP contribution in [0.2, 0.25) is 0 Å². The van der Waals surface area contributed by atoms with E-state index in [0.717, 1.165) is 34.2 Å². The fourth-order valence-electron chi connectivity index (χ4n) is 3.16. The molecule has 1 aromatic carbocycles. The molecule has 0 aliphatic carbocycles. The number of benzene rings is 1. The zero-order chi connectivity index (χ0) is 16.6. The molecule has 1 fully saturated rings. The van der Waals surface area contributed by atoms with Crippen LogP contribution in [0.3, 0.4) is 0 Å². The number of nitrogens with zero attached hydrogens (tertiary/aromatic N) is 3. The van der Waals surface area contributed by atoms with E-state index < -0.39 is 5.60 Å². The first-order valence-corrected chi connectivity index (χ1v) is 8.93. The van der Waals surface area contributed by atoms with Crippen molar-refractivity contribution in [2.75, 3.05) is 13.1 Å². The summed E-state index contributed by atoms with van der Waals surface area (Å²) in [5.41, 5.74) is 1.68. The highest BCUT2D eigenvalue weighted by Crippen LogP contribution is 2.33. The molecule has 0 amide bonds. The van der Waals surface area contributed by atoms with Crippen LogP contribution in [-0.2, 0) is 6.54 Å². The number of aliphatic hydroxyl groups is 1. The van der Waals surface area contributed by atoms with Gasteiger partial charge in [0.2, 0.25) is 0 Å². The maximum Gasteiger partial charge on any atom is 0.151 e. The third kappa shape index (κ3) is 2.88. The number of thiazole rings is 1. The van der Waals surface area contributed by atoms with Gasteiger partial charge in [0, 0.05) is 30.7 Å². The second-order valence-electron chi connectivity index (χ2n) is 6.37. The number of hydrogen-bond donors (Lipinski definition) is 2. The van der Waals surface area contributed by atoms with Gasteiger partial charge in [-0.3, -0.25) is 0 Å². The highest BCUT2D eigenvalue weighted by atomic mass is 32.1. The summed E-state index contributed by atoms with van der Waals surface area (Å²) in [4.78, 5) is 10.1. The second kappa shape index (κ2) is 6.12. The van der Waals surface area contributed by atoms with E-state index in [1.807, 2.05) is 29.1 Å². The molecular formula is C18H20N4OS. The molecule has 2 aromatic heterocycles. The number of rotatable bonds is 4. The lowest BCUT2D eigenvalue weighted by Crippen LogP contribution is -2.36. The molecule has 1 unspecified atom stereocenters. The maximum absolute atomic E-state index is 10.6. The quantitative estimate of drug-likeness (QED) is 0.766. The highest BCUT2D eigenvalue weighted by Gasteiger charge is 2.32. The summed E-state index contributed by atoms with van der Waals surface area (Å²) in [5.74, 6) is 0.868. The van der Waals surface area contributed by atoms with Crippen LogP contribution in [0.25, 0.3) is 21.3 Å². The standard InChI is InChI=1S/C18H20N4OS/c1-13-4-2-3-5-14(13)17-21-10-15(24-17)16-20-8-9-22(16)12-18(23)6-7-19-11-18/h2-5,8-10,19,23H,6-7,11-12H2,1H3. The second-order valence-corrected chi connectivity index (χ2v) is 7.41. The van der Waals surface area contributed by atoms with Crippen LogP contribution in [0.1, 0.15) is 12.0 Å². The molecule has 0 radical (unpaired) electrons. The van der Waals surface area contributed by atoms with Gasteiger partial charge in [-0.2, -0.15) is 0 Å². The Morgan fingerprint density at radius 3 is 3.00 bits per heavy atom. The number of aromatic nitrogens is 3. The molecule has 124 valence electrons. The lowest BCUT2D eigenvalue weighted by molar-refractivity contribution is 0.0436. The Bertz CT molecular complexity index is 848. The van der Waals surface area contributed by atoms with Crippen molar-refractivity contribution in [1.29, 1.82) is 0 Å². The molecule has 24 heavy (non-hydrogen) atoms. The van der Waals surface area contributed by atoms with Crippen molar-refractivity contribution < 1.29 is 5.11 Å². The fourth-order valence-corrected chi connectivity index (χ4v) is 4.18. The minimum atomic E-state index is -0.695. The van der Waals surface area contributed by atoms with Crippen LogP contribution in [-0.4, -0.2) is 38.3 Å². The summed E-state index contributed by atoms with van der Waals surface area (Å²) in [6.45, 7) is 4.13. The third-order valence-corrected chi connectivity index (χ3v) is 5.53. The van der Waals surface area contributed by atoms with Crippen molar-refractivity contribution in [3.05, 3.63) is 48.4 Å². The van der Waals surface area contributed by atoms with Gasteiger partial charge in [0.15, 0.2) is 5.82 Å². The molecule has 1 aliphatic heterocycles. The van der Waals surface area contributed by atoms with Gasteiger partial charge in [0.25, 0.3) is 0 Å². The van der Waals surface area contributed by atoms with Gasteiger partial charge < -0.3 is 15.0 Å². The van der Waals surface area contributed by atoms with Gasteiger partial charge in [-0.15, -0.1) is 11.3 Å². The molecule has 0 spiro atoms. The van der Waals surface area contributed by atoms with Gasteiger partial charge in [0.1, 0.15) is 5.01 Å². The van der Waals surface area contributed by atoms with Gasteiger partial charge in [-0.1, -0.05) is 24.3 Å². The van der Waals surface area contributed by atoms with E-state index in [0.29, 0.717) is 13.1 Å². The minimum absolute atomic E-state index is 0.549. The van der Waals surface area contributed by atoms with Crippen molar-refractivity contribution in [1.82, 2.24) is 19.9 Å². The maximum atomic E-state index is 10.6. The normalized spacial score (nSPS) is 20.6. The lowest BCUT2D eigenvalue weighted by atomic mass is 10.0. The Hall–Kier alpha value is -2.02. The van der Waals surface area contributed by atoms with Crippen LogP contribution in [0.4, 0.5) is 0 Å². The predicted molar refractivity (Wildman–Crippen MR) is 95.9 cm³/mol. The molecule has 3 aromatic rings. The largest absolute Gasteiger partial charge is 0.387 e. The Balaban J connectivity index is 1.64. The first-order chi connectivity index (χ1) is 11.6. The highest BCUT2D eigenvalue weighted by molar-refractivity contribution is 7.18. The molecule has 5 nitrogen and oxygen atoms in total. The van der Waals surface area contributed by atoms with Crippen LogP contribution in [0, 0.1) is 6.92 Å². The molecule has 0 saturated carbocycles. The Kier molecular flexibility index (Phi) is 3.96. The van der Waals surface area contributed by atoms with E-state index >= 15 is 0 Å². The average molecular weight is 340 g/mol. The first-order valence-electron chi connectivity index (χ1n) is 8.11. The molecule has 4 rings (SSSR count). The predicted octanol–water partition coefficient (Wildman–Crippen LogP) is 2.71. The molecule has 1 aliphatic rings. The van der Waals surface area contributed by atoms with Gasteiger partial charge in [0.05, 0.1) is 17.0 Å². The number of aryl methyl sites for hydroxylation is 1. The van der Waals surface area contributed by atoms with Gasteiger partial charge in [-0.05, 0) is 25.5 Å². The van der Waals surface area contributed by atoms with E-state index in [4.69, 9.17) is 0 Å². The van der Waals surface area contributed by atoms with Crippen LogP contribution >= 0.6 is 11.3 Å². The molecule has 3 heterocycles. The smallest absolute Gasteiger partial charge is 0.151 e. The Morgan fingerprint density at radius 1 is 1.33 bits per heavy atom. The zero-order valence-corrected chi connectivity index (χ0v) is 14.4. The lowest BCUT2D eigenvalue weighted by Gasteiger charge is -2.22. The molecule has 0 bridgehead atoms. The number of β-amino-alcohol motifs (C(OH)–C–C–N with tert-alkyl or cyclic N) is 1. The summed E-state index contributed by atoms with van der Waals surface area (Å²) in [6.07, 6.45) is 6.36. The number of imidazole rings is 1. The topological polar surface area (TPSA) is 63.0 Å². The third-order valence-electron chi connectivity index (χ3n) is 4.50. The first kappa shape index (κ1) is 15.5. The van der Waals surface area contributed by atoms with Crippen LogP contribution in [0.5, 0.6) is 0 Å². The van der Waals surface area contributed by atoms with E-state index in [-0.39, 0.29) is 0 Å². The zero-order valence-electron chi connectivity index (χ0n) is 13.6. The van der Waals surface area contributed by atoms with Gasteiger partial charge >= 0.3 is 0 Å². The van der Waals surface area contributed by atoms with E-state index in [2.05, 4.69) is 34.3 Å². The van der Waals surface area contributed by atoms with Crippen molar-refractivity contribution in [3.63, 3.8) is 0 Å². The SMILES string of the molecule is Cc1ccccc1-c1ncc(-c2nccn2CC2(O)CCNC2)s1. The summed E-state index contributed by atoms with van der Waals surface area (Å²) in [5, 5.41) is 14.9. The van der Waals surface area contributed by atoms with E-state index in [1.54, 1.807) is 17.5 Å². The molecule has 2 N–H and O–H groups in total.